The molecule has 3 heteroatoms. The van der Waals surface area contributed by atoms with Gasteiger partial charge in [0, 0.05) is 5.75 Å². The summed E-state index contributed by atoms with van der Waals surface area (Å²) in [5, 5.41) is 20.1. The molecule has 1 aromatic carbocycles. The second-order valence-electron chi connectivity index (χ2n) is 3.28. The van der Waals surface area contributed by atoms with Crippen molar-refractivity contribution in [2.75, 3.05) is 5.75 Å². The molecule has 0 aliphatic rings. The minimum atomic E-state index is -0.542. The number of nitriles is 1. The van der Waals surface area contributed by atoms with E-state index in [-0.39, 0.29) is 0 Å². The van der Waals surface area contributed by atoms with Gasteiger partial charge < -0.3 is 5.11 Å². The van der Waals surface area contributed by atoms with Gasteiger partial charge in [-0.3, -0.25) is 0 Å². The fourth-order valence-corrected chi connectivity index (χ4v) is 1.74. The largest absolute Gasteiger partial charge is 0.388 e. The van der Waals surface area contributed by atoms with Crippen LogP contribution in [0.3, 0.4) is 0 Å². The van der Waals surface area contributed by atoms with Gasteiger partial charge >= 0.3 is 0 Å². The van der Waals surface area contributed by atoms with Crippen molar-refractivity contribution in [2.45, 2.75) is 20.0 Å². The molecule has 1 unspecified atom stereocenters. The Morgan fingerprint density at radius 3 is 2.86 bits per heavy atom. The van der Waals surface area contributed by atoms with Gasteiger partial charge in [0.2, 0.25) is 0 Å². The van der Waals surface area contributed by atoms with Crippen LogP contribution in [-0.2, 0) is 0 Å². The molecule has 0 spiro atoms. The second-order valence-corrected chi connectivity index (χ2v) is 4.08. The van der Waals surface area contributed by atoms with Crippen molar-refractivity contribution in [2.24, 2.45) is 0 Å². The third-order valence-corrected chi connectivity index (χ3v) is 2.71. The third-order valence-electron chi connectivity index (χ3n) is 2.10. The van der Waals surface area contributed by atoms with Crippen LogP contribution in [0.25, 0.3) is 0 Å². The maximum absolute atomic E-state index is 9.78. The highest BCUT2D eigenvalue weighted by Gasteiger charge is 2.10. The lowest BCUT2D eigenvalue weighted by Crippen LogP contribution is -2.02. The number of thiocyanates is 1. The predicted molar refractivity (Wildman–Crippen MR) is 58.9 cm³/mol. The lowest BCUT2D eigenvalue weighted by molar-refractivity contribution is 0.203. The van der Waals surface area contributed by atoms with Crippen molar-refractivity contribution in [1.29, 1.82) is 5.26 Å². The zero-order valence-corrected chi connectivity index (χ0v) is 9.14. The summed E-state index contributed by atoms with van der Waals surface area (Å²) >= 11 is 1.08. The summed E-state index contributed by atoms with van der Waals surface area (Å²) < 4.78 is 0. The Kier molecular flexibility index (Phi) is 3.99. The molecule has 1 aromatic rings. The van der Waals surface area contributed by atoms with Crippen LogP contribution in [0, 0.1) is 24.5 Å². The van der Waals surface area contributed by atoms with E-state index in [1.807, 2.05) is 37.4 Å². The summed E-state index contributed by atoms with van der Waals surface area (Å²) in [5.41, 5.74) is 3.13. The summed E-state index contributed by atoms with van der Waals surface area (Å²) in [5.74, 6) is 0.431. The Hall–Kier alpha value is -0.980. The Bertz CT molecular complexity index is 357. The van der Waals surface area contributed by atoms with Crippen molar-refractivity contribution < 1.29 is 5.11 Å². The molecule has 0 radical (unpaired) electrons. The number of aliphatic hydroxyl groups excluding tert-OH is 1. The van der Waals surface area contributed by atoms with Crippen molar-refractivity contribution >= 4 is 11.8 Å². The molecule has 0 amide bonds. The minimum Gasteiger partial charge on any atom is -0.388 e. The van der Waals surface area contributed by atoms with Gasteiger partial charge in [-0.1, -0.05) is 23.8 Å². The first-order valence-electron chi connectivity index (χ1n) is 4.41. The van der Waals surface area contributed by atoms with Crippen LogP contribution in [0.2, 0.25) is 0 Å². The maximum Gasteiger partial charge on any atom is 0.133 e. The topological polar surface area (TPSA) is 44.0 Å². The van der Waals surface area contributed by atoms with Crippen LogP contribution in [0.4, 0.5) is 0 Å². The predicted octanol–water partition coefficient (Wildman–Crippen LogP) is 2.55. The summed E-state index contributed by atoms with van der Waals surface area (Å²) in [4.78, 5) is 0. The molecule has 0 aromatic heterocycles. The maximum atomic E-state index is 9.78. The molecule has 0 bridgehead atoms. The quantitative estimate of drug-likeness (QED) is 0.775. The molecule has 0 saturated heterocycles. The Balaban J connectivity index is 2.83. The van der Waals surface area contributed by atoms with Gasteiger partial charge in [-0.25, -0.2) is 0 Å². The molecule has 1 rings (SSSR count). The first-order valence-corrected chi connectivity index (χ1v) is 5.40. The van der Waals surface area contributed by atoms with Crippen LogP contribution >= 0.6 is 11.8 Å². The van der Waals surface area contributed by atoms with E-state index < -0.39 is 6.10 Å². The van der Waals surface area contributed by atoms with E-state index in [0.29, 0.717) is 5.75 Å². The SMILES string of the molecule is Cc1ccc(C)c(C(O)CSC#N)c1. The monoisotopic (exact) mass is 207 g/mol. The molecule has 2 nitrogen and oxygen atoms in total. The molecule has 0 heterocycles. The molecule has 14 heavy (non-hydrogen) atoms. The highest BCUT2D eigenvalue weighted by molar-refractivity contribution is 8.03. The normalized spacial score (nSPS) is 12.1. The van der Waals surface area contributed by atoms with Gasteiger partial charge in [0.1, 0.15) is 5.40 Å². The van der Waals surface area contributed by atoms with Crippen LogP contribution in [0.15, 0.2) is 18.2 Å². The van der Waals surface area contributed by atoms with E-state index >= 15 is 0 Å². The summed E-state index contributed by atoms with van der Waals surface area (Å²) in [6, 6.07) is 5.98. The molecule has 0 aliphatic heterocycles. The number of aliphatic hydroxyl groups is 1. The average molecular weight is 207 g/mol. The van der Waals surface area contributed by atoms with Crippen LogP contribution in [0.1, 0.15) is 22.8 Å². The van der Waals surface area contributed by atoms with E-state index in [4.69, 9.17) is 5.26 Å². The molecule has 1 atom stereocenters. The van der Waals surface area contributed by atoms with E-state index in [1.54, 1.807) is 0 Å². The molecule has 0 aliphatic carbocycles. The lowest BCUT2D eigenvalue weighted by Gasteiger charge is -2.12. The number of aryl methyl sites for hydroxylation is 2. The van der Waals surface area contributed by atoms with Gasteiger partial charge in [0.25, 0.3) is 0 Å². The molecule has 1 N–H and O–H groups in total. The zero-order valence-electron chi connectivity index (χ0n) is 8.32. The van der Waals surface area contributed by atoms with Crippen molar-refractivity contribution in [3.63, 3.8) is 0 Å². The van der Waals surface area contributed by atoms with Crippen LogP contribution in [-0.4, -0.2) is 10.9 Å². The Labute approximate surface area is 88.6 Å². The fourth-order valence-electron chi connectivity index (χ4n) is 1.32. The van der Waals surface area contributed by atoms with Crippen molar-refractivity contribution in [1.82, 2.24) is 0 Å². The number of hydrogen-bond acceptors (Lipinski definition) is 3. The van der Waals surface area contributed by atoms with Crippen molar-refractivity contribution in [3.05, 3.63) is 34.9 Å². The Morgan fingerprint density at radius 2 is 2.21 bits per heavy atom. The number of thioether (sulfide) groups is 1. The molecule has 0 saturated carbocycles. The van der Waals surface area contributed by atoms with E-state index in [2.05, 4.69) is 0 Å². The van der Waals surface area contributed by atoms with Gasteiger partial charge in [-0.2, -0.15) is 5.26 Å². The molecule has 0 fully saturated rings. The minimum absolute atomic E-state index is 0.431. The van der Waals surface area contributed by atoms with Gasteiger partial charge in [0.15, 0.2) is 0 Å². The summed E-state index contributed by atoms with van der Waals surface area (Å²) in [6.07, 6.45) is -0.542. The molecular formula is C11H13NOS. The summed E-state index contributed by atoms with van der Waals surface area (Å²) in [7, 11) is 0. The van der Waals surface area contributed by atoms with Gasteiger partial charge in [-0.05, 0) is 36.7 Å². The lowest BCUT2D eigenvalue weighted by atomic mass is 10.0. The number of rotatable bonds is 3. The first-order chi connectivity index (χ1) is 6.65. The number of hydrogen-bond donors (Lipinski definition) is 1. The number of benzene rings is 1. The van der Waals surface area contributed by atoms with Crippen LogP contribution < -0.4 is 0 Å². The third kappa shape index (κ3) is 2.76. The van der Waals surface area contributed by atoms with Gasteiger partial charge in [-0.15, -0.1) is 0 Å². The van der Waals surface area contributed by atoms with E-state index in [9.17, 15) is 5.11 Å². The van der Waals surface area contributed by atoms with Gasteiger partial charge in [0.05, 0.1) is 6.10 Å². The second kappa shape index (κ2) is 5.04. The zero-order chi connectivity index (χ0) is 10.6. The molecular weight excluding hydrogens is 194 g/mol. The van der Waals surface area contributed by atoms with Crippen LogP contribution in [0.5, 0.6) is 0 Å². The van der Waals surface area contributed by atoms with E-state index in [0.717, 1.165) is 28.5 Å². The first kappa shape index (κ1) is 11.1. The van der Waals surface area contributed by atoms with E-state index in [1.165, 1.54) is 0 Å². The summed E-state index contributed by atoms with van der Waals surface area (Å²) in [6.45, 7) is 3.96. The Morgan fingerprint density at radius 1 is 1.50 bits per heavy atom. The van der Waals surface area contributed by atoms with Crippen molar-refractivity contribution in [3.8, 4) is 5.40 Å². The fraction of sp³-hybridized carbons (Fsp3) is 0.364. The standard InChI is InChI=1S/C11H13NOS/c1-8-3-4-9(2)10(5-8)11(13)6-14-7-12/h3-5,11,13H,6H2,1-2H3. The average Bonchev–Trinajstić information content (AvgIpc) is 2.18. The number of nitrogens with zero attached hydrogens (tertiary/aromatic N) is 1. The smallest absolute Gasteiger partial charge is 0.133 e. The highest BCUT2D eigenvalue weighted by atomic mass is 32.2. The highest BCUT2D eigenvalue weighted by Crippen LogP contribution is 2.22. The molecule has 74 valence electrons.